The summed E-state index contributed by atoms with van der Waals surface area (Å²) in [6, 6.07) is 20.7. The molecule has 0 radical (unpaired) electrons. The predicted octanol–water partition coefficient (Wildman–Crippen LogP) is 5.97. The Bertz CT molecular complexity index is 1250. The van der Waals surface area contributed by atoms with E-state index in [9.17, 15) is 9.59 Å². The summed E-state index contributed by atoms with van der Waals surface area (Å²) in [6.07, 6.45) is 0. The lowest BCUT2D eigenvalue weighted by Gasteiger charge is -2.30. The SMILES string of the molecule is CC(C)CN1C(=O)C(C)(C)COc2ccc(NC(=O)C3c4ccccc4Oc4ccccc43)cc21. The van der Waals surface area contributed by atoms with Crippen LogP contribution in [0, 0.1) is 11.3 Å². The highest BCUT2D eigenvalue weighted by Crippen LogP contribution is 2.45. The summed E-state index contributed by atoms with van der Waals surface area (Å²) in [5.74, 6) is 1.61. The maximum Gasteiger partial charge on any atom is 0.236 e. The minimum Gasteiger partial charge on any atom is -0.490 e. The number of ether oxygens (including phenoxy) is 2. The van der Waals surface area contributed by atoms with Crippen LogP contribution in [0.3, 0.4) is 0 Å². The number of carbonyl (C=O) groups excluding carboxylic acids is 2. The molecule has 2 aliphatic heterocycles. The Morgan fingerprint density at radius 2 is 1.63 bits per heavy atom. The van der Waals surface area contributed by atoms with Gasteiger partial charge in [0.05, 0.1) is 17.0 Å². The fraction of sp³-hybridized carbons (Fsp3) is 0.310. The molecule has 0 spiro atoms. The molecule has 3 aromatic carbocycles. The molecule has 0 bridgehead atoms. The van der Waals surface area contributed by atoms with Crippen LogP contribution in [0.4, 0.5) is 11.4 Å². The molecule has 2 aliphatic rings. The van der Waals surface area contributed by atoms with Crippen LogP contribution in [0.15, 0.2) is 66.7 Å². The first-order valence-electron chi connectivity index (χ1n) is 12.0. The first kappa shape index (κ1) is 23.0. The summed E-state index contributed by atoms with van der Waals surface area (Å²) >= 11 is 0. The van der Waals surface area contributed by atoms with Gasteiger partial charge in [-0.05, 0) is 50.1 Å². The van der Waals surface area contributed by atoms with Gasteiger partial charge in [-0.3, -0.25) is 9.59 Å². The number of nitrogens with zero attached hydrogens (tertiary/aromatic N) is 1. The van der Waals surface area contributed by atoms with Crippen molar-refractivity contribution in [2.24, 2.45) is 11.3 Å². The van der Waals surface area contributed by atoms with Gasteiger partial charge in [0.15, 0.2) is 0 Å². The van der Waals surface area contributed by atoms with Crippen LogP contribution in [0.2, 0.25) is 0 Å². The number of benzene rings is 3. The van der Waals surface area contributed by atoms with Crippen molar-refractivity contribution >= 4 is 23.2 Å². The van der Waals surface area contributed by atoms with Crippen LogP contribution < -0.4 is 19.7 Å². The van der Waals surface area contributed by atoms with Gasteiger partial charge in [-0.15, -0.1) is 0 Å². The minimum atomic E-state index is -0.646. The van der Waals surface area contributed by atoms with Gasteiger partial charge in [0, 0.05) is 23.4 Å². The van der Waals surface area contributed by atoms with Crippen molar-refractivity contribution in [3.63, 3.8) is 0 Å². The highest BCUT2D eigenvalue weighted by Gasteiger charge is 2.38. The molecule has 1 N–H and O–H groups in total. The molecule has 6 nitrogen and oxygen atoms in total. The largest absolute Gasteiger partial charge is 0.490 e. The fourth-order valence-corrected chi connectivity index (χ4v) is 4.68. The number of rotatable bonds is 4. The van der Waals surface area contributed by atoms with Crippen molar-refractivity contribution in [2.75, 3.05) is 23.4 Å². The maximum absolute atomic E-state index is 13.7. The Kier molecular flexibility index (Phi) is 5.75. The van der Waals surface area contributed by atoms with Crippen molar-refractivity contribution in [1.29, 1.82) is 0 Å². The van der Waals surface area contributed by atoms with Crippen LogP contribution in [0.5, 0.6) is 17.2 Å². The molecule has 3 aromatic rings. The van der Waals surface area contributed by atoms with E-state index >= 15 is 0 Å². The van der Waals surface area contributed by atoms with Crippen molar-refractivity contribution in [2.45, 2.75) is 33.6 Å². The van der Waals surface area contributed by atoms with Gasteiger partial charge in [-0.25, -0.2) is 0 Å². The van der Waals surface area contributed by atoms with Gasteiger partial charge in [0.2, 0.25) is 11.8 Å². The number of amides is 2. The second-order valence-electron chi connectivity index (χ2n) is 10.3. The van der Waals surface area contributed by atoms with Crippen molar-refractivity contribution in [1.82, 2.24) is 0 Å². The molecule has 180 valence electrons. The summed E-state index contributed by atoms with van der Waals surface area (Å²) in [5.41, 5.74) is 2.28. The van der Waals surface area contributed by atoms with Crippen molar-refractivity contribution in [3.8, 4) is 17.2 Å². The Hall–Kier alpha value is -3.80. The van der Waals surface area contributed by atoms with Gasteiger partial charge in [-0.1, -0.05) is 50.2 Å². The van der Waals surface area contributed by atoms with Gasteiger partial charge < -0.3 is 19.7 Å². The molecule has 5 rings (SSSR count). The van der Waals surface area contributed by atoms with E-state index in [1.54, 1.807) is 4.90 Å². The molecular formula is C29H30N2O4. The molecule has 2 amide bonds. The number of hydrogen-bond donors (Lipinski definition) is 1. The van der Waals surface area contributed by atoms with Gasteiger partial charge in [0.1, 0.15) is 23.9 Å². The van der Waals surface area contributed by atoms with E-state index in [1.165, 1.54) is 0 Å². The Morgan fingerprint density at radius 1 is 1.00 bits per heavy atom. The minimum absolute atomic E-state index is 0.0145. The van der Waals surface area contributed by atoms with E-state index in [0.29, 0.717) is 41.8 Å². The smallest absolute Gasteiger partial charge is 0.236 e. The third-order valence-electron chi connectivity index (χ3n) is 6.42. The van der Waals surface area contributed by atoms with Crippen LogP contribution in [0.1, 0.15) is 44.7 Å². The third kappa shape index (κ3) is 4.25. The zero-order chi connectivity index (χ0) is 24.7. The standard InChI is InChI=1S/C29H30N2O4/c1-18(2)16-31-22-15-19(13-14-25(22)34-17-29(3,4)28(31)33)30-27(32)26-20-9-5-7-11-23(20)35-24-12-8-6-10-21(24)26/h5-15,18,26H,16-17H2,1-4H3,(H,30,32). The maximum atomic E-state index is 13.7. The summed E-state index contributed by atoms with van der Waals surface area (Å²) < 4.78 is 12.1. The zero-order valence-electron chi connectivity index (χ0n) is 20.5. The molecular weight excluding hydrogens is 440 g/mol. The Labute approximate surface area is 205 Å². The van der Waals surface area contributed by atoms with Crippen LogP contribution in [-0.4, -0.2) is 25.0 Å². The average molecular weight is 471 g/mol. The topological polar surface area (TPSA) is 67.9 Å². The highest BCUT2D eigenvalue weighted by molar-refractivity contribution is 6.02. The monoisotopic (exact) mass is 470 g/mol. The lowest BCUT2D eigenvalue weighted by molar-refractivity contribution is -0.127. The lowest BCUT2D eigenvalue weighted by atomic mass is 9.87. The quantitative estimate of drug-likeness (QED) is 0.510. The van der Waals surface area contributed by atoms with E-state index in [0.717, 1.165) is 11.1 Å². The summed E-state index contributed by atoms with van der Waals surface area (Å²) in [4.78, 5) is 28.8. The van der Waals surface area contributed by atoms with Gasteiger partial charge in [0.25, 0.3) is 0 Å². The first-order chi connectivity index (χ1) is 16.7. The number of nitrogens with one attached hydrogen (secondary N) is 1. The number of fused-ring (bicyclic) bond motifs is 3. The zero-order valence-corrected chi connectivity index (χ0v) is 20.5. The predicted molar refractivity (Wildman–Crippen MR) is 136 cm³/mol. The Balaban J connectivity index is 1.50. The third-order valence-corrected chi connectivity index (χ3v) is 6.42. The normalized spacial score (nSPS) is 16.4. The van der Waals surface area contributed by atoms with E-state index in [-0.39, 0.29) is 17.7 Å². The first-order valence-corrected chi connectivity index (χ1v) is 12.0. The molecule has 0 fully saturated rings. The van der Waals surface area contributed by atoms with Crippen molar-refractivity contribution in [3.05, 3.63) is 77.9 Å². The number of anilines is 2. The molecule has 35 heavy (non-hydrogen) atoms. The van der Waals surface area contributed by atoms with E-state index in [4.69, 9.17) is 9.47 Å². The molecule has 0 unspecified atom stereocenters. The molecule has 0 aliphatic carbocycles. The van der Waals surface area contributed by atoms with E-state index in [1.807, 2.05) is 80.6 Å². The van der Waals surface area contributed by atoms with Gasteiger partial charge >= 0.3 is 0 Å². The summed E-state index contributed by atoms with van der Waals surface area (Å²) in [5, 5.41) is 3.09. The fourth-order valence-electron chi connectivity index (χ4n) is 4.68. The number of carbonyl (C=O) groups is 2. The second-order valence-corrected chi connectivity index (χ2v) is 10.3. The molecule has 6 heteroatoms. The highest BCUT2D eigenvalue weighted by atomic mass is 16.5. The second kappa shape index (κ2) is 8.77. The van der Waals surface area contributed by atoms with Crippen LogP contribution in [0.25, 0.3) is 0 Å². The number of hydrogen-bond acceptors (Lipinski definition) is 4. The average Bonchev–Trinajstić information content (AvgIpc) is 2.92. The number of para-hydroxylation sites is 2. The summed E-state index contributed by atoms with van der Waals surface area (Å²) in [6.45, 7) is 8.83. The molecule has 0 atom stereocenters. The van der Waals surface area contributed by atoms with E-state index < -0.39 is 11.3 Å². The van der Waals surface area contributed by atoms with Crippen molar-refractivity contribution < 1.29 is 19.1 Å². The van der Waals surface area contributed by atoms with Gasteiger partial charge in [-0.2, -0.15) is 0 Å². The van der Waals surface area contributed by atoms with Crippen LogP contribution in [-0.2, 0) is 9.59 Å². The molecule has 0 saturated heterocycles. The molecule has 2 heterocycles. The molecule has 0 saturated carbocycles. The molecule has 0 aromatic heterocycles. The van der Waals surface area contributed by atoms with E-state index in [2.05, 4.69) is 19.2 Å². The lowest BCUT2D eigenvalue weighted by Crippen LogP contribution is -2.43. The van der Waals surface area contributed by atoms with Crippen LogP contribution >= 0.6 is 0 Å². The Morgan fingerprint density at radius 3 is 2.26 bits per heavy atom. The summed E-state index contributed by atoms with van der Waals surface area (Å²) in [7, 11) is 0.